The minimum atomic E-state index is -0.522. The van der Waals surface area contributed by atoms with Crippen LogP contribution in [0.1, 0.15) is 22.6 Å². The molecule has 2 aromatic heterocycles. The third kappa shape index (κ3) is 3.44. The average Bonchev–Trinajstić information content (AvgIpc) is 3.25. The van der Waals surface area contributed by atoms with Gasteiger partial charge in [0, 0.05) is 6.54 Å². The van der Waals surface area contributed by atoms with Crippen molar-refractivity contribution in [3.05, 3.63) is 76.5 Å². The third-order valence-electron chi connectivity index (χ3n) is 4.40. The van der Waals surface area contributed by atoms with Gasteiger partial charge in [-0.1, -0.05) is 30.3 Å². The first-order chi connectivity index (χ1) is 13.6. The van der Waals surface area contributed by atoms with Gasteiger partial charge in [0.1, 0.15) is 0 Å². The zero-order chi connectivity index (χ0) is 19.5. The Morgan fingerprint density at radius 2 is 1.82 bits per heavy atom. The van der Waals surface area contributed by atoms with Crippen LogP contribution < -0.4 is 5.69 Å². The lowest BCUT2D eigenvalue weighted by atomic mass is 10.3. The second-order valence-electron chi connectivity index (χ2n) is 6.35. The Labute approximate surface area is 160 Å². The van der Waals surface area contributed by atoms with Crippen molar-refractivity contribution >= 4 is 17.0 Å². The topological polar surface area (TPSA) is 94.8 Å². The Morgan fingerprint density at radius 3 is 2.64 bits per heavy atom. The lowest BCUT2D eigenvalue weighted by Crippen LogP contribution is -2.18. The third-order valence-corrected chi connectivity index (χ3v) is 4.40. The van der Waals surface area contributed by atoms with Gasteiger partial charge in [-0.3, -0.25) is 4.57 Å². The van der Waals surface area contributed by atoms with Crippen molar-refractivity contribution in [2.24, 2.45) is 0 Å². The van der Waals surface area contributed by atoms with Crippen molar-refractivity contribution in [1.29, 1.82) is 0 Å². The Kier molecular flexibility index (Phi) is 4.76. The van der Waals surface area contributed by atoms with E-state index in [4.69, 9.17) is 4.74 Å². The Bertz CT molecular complexity index is 1170. The second kappa shape index (κ2) is 7.51. The predicted octanol–water partition coefficient (Wildman–Crippen LogP) is 2.47. The summed E-state index contributed by atoms with van der Waals surface area (Å²) in [6, 6.07) is 16.8. The van der Waals surface area contributed by atoms with Crippen LogP contribution in [0.2, 0.25) is 0 Å². The summed E-state index contributed by atoms with van der Waals surface area (Å²) >= 11 is 0. The molecule has 0 amide bonds. The van der Waals surface area contributed by atoms with Gasteiger partial charge < -0.3 is 9.72 Å². The molecule has 2 aromatic carbocycles. The fraction of sp³-hybridized carbons (Fsp3) is 0.200. The van der Waals surface area contributed by atoms with Gasteiger partial charge in [-0.25, -0.2) is 9.59 Å². The molecule has 0 aliphatic rings. The van der Waals surface area contributed by atoms with Gasteiger partial charge in [0.25, 0.3) is 0 Å². The molecule has 28 heavy (non-hydrogen) atoms. The molecule has 0 radical (unpaired) electrons. The van der Waals surface area contributed by atoms with Crippen LogP contribution >= 0.6 is 0 Å². The molecule has 8 nitrogen and oxygen atoms in total. The van der Waals surface area contributed by atoms with Gasteiger partial charge in [0.15, 0.2) is 5.69 Å². The summed E-state index contributed by atoms with van der Waals surface area (Å²) in [5, 5.41) is 8.51. The van der Waals surface area contributed by atoms with Gasteiger partial charge in [0.05, 0.1) is 29.0 Å². The fourth-order valence-electron chi connectivity index (χ4n) is 3.03. The number of carbonyl (C=O) groups excluding carboxylic acids is 1. The molecule has 142 valence electrons. The van der Waals surface area contributed by atoms with Crippen molar-refractivity contribution in [3.8, 4) is 5.69 Å². The number of hydrogen-bond acceptors (Lipinski definition) is 5. The molecule has 0 aliphatic carbocycles. The predicted molar refractivity (Wildman–Crippen MR) is 104 cm³/mol. The number of ether oxygens (including phenoxy) is 1. The molecule has 8 heteroatoms. The molecule has 0 unspecified atom stereocenters. The van der Waals surface area contributed by atoms with Crippen molar-refractivity contribution < 1.29 is 9.53 Å². The van der Waals surface area contributed by atoms with Crippen LogP contribution in [0.15, 0.2) is 59.4 Å². The first-order valence-electron chi connectivity index (χ1n) is 8.97. The normalized spacial score (nSPS) is 11.0. The molecule has 0 saturated heterocycles. The smallest absolute Gasteiger partial charge is 0.360 e. The standard InChI is InChI=1S/C20H19N5O3/c1-14-18(23-25(22-14)15-8-3-2-4-9-15)19(26)28-13-7-12-24-17-11-6-5-10-16(17)21-20(24)27/h2-6,8-11H,7,12-13H2,1H3,(H,21,27). The molecule has 4 aromatic rings. The largest absolute Gasteiger partial charge is 0.461 e. The van der Waals surface area contributed by atoms with E-state index in [0.29, 0.717) is 18.7 Å². The minimum Gasteiger partial charge on any atom is -0.461 e. The van der Waals surface area contributed by atoms with Crippen LogP contribution in [0, 0.1) is 6.92 Å². The summed E-state index contributed by atoms with van der Waals surface area (Å²) in [7, 11) is 0. The number of nitrogens with one attached hydrogen (secondary N) is 1. The summed E-state index contributed by atoms with van der Waals surface area (Å²) < 4.78 is 6.97. The van der Waals surface area contributed by atoms with Gasteiger partial charge >= 0.3 is 11.7 Å². The van der Waals surface area contributed by atoms with Crippen molar-refractivity contribution in [2.45, 2.75) is 19.9 Å². The highest BCUT2D eigenvalue weighted by Gasteiger charge is 2.17. The number of nitrogens with zero attached hydrogens (tertiary/aromatic N) is 4. The number of rotatable bonds is 6. The van der Waals surface area contributed by atoms with E-state index in [1.807, 2.05) is 54.6 Å². The van der Waals surface area contributed by atoms with Crippen LogP contribution in [0.3, 0.4) is 0 Å². The van der Waals surface area contributed by atoms with E-state index in [-0.39, 0.29) is 18.0 Å². The van der Waals surface area contributed by atoms with E-state index >= 15 is 0 Å². The SMILES string of the molecule is Cc1nn(-c2ccccc2)nc1C(=O)OCCCn1c(=O)[nH]c2ccccc21. The molecule has 0 aliphatic heterocycles. The van der Waals surface area contributed by atoms with Crippen LogP contribution in [0.4, 0.5) is 0 Å². The first-order valence-corrected chi connectivity index (χ1v) is 8.97. The van der Waals surface area contributed by atoms with Crippen LogP contribution in [0.25, 0.3) is 16.7 Å². The van der Waals surface area contributed by atoms with Gasteiger partial charge in [-0.2, -0.15) is 9.90 Å². The zero-order valence-electron chi connectivity index (χ0n) is 15.3. The van der Waals surface area contributed by atoms with Gasteiger partial charge in [-0.15, -0.1) is 5.10 Å². The number of esters is 1. The zero-order valence-corrected chi connectivity index (χ0v) is 15.3. The first kappa shape index (κ1) is 17.7. The molecule has 0 fully saturated rings. The maximum atomic E-state index is 12.3. The van der Waals surface area contributed by atoms with Crippen molar-refractivity contribution in [3.63, 3.8) is 0 Å². The number of fused-ring (bicyclic) bond motifs is 1. The Morgan fingerprint density at radius 1 is 1.07 bits per heavy atom. The lowest BCUT2D eigenvalue weighted by molar-refractivity contribution is 0.0488. The second-order valence-corrected chi connectivity index (χ2v) is 6.35. The summed E-state index contributed by atoms with van der Waals surface area (Å²) in [4.78, 5) is 28.6. The highest BCUT2D eigenvalue weighted by Crippen LogP contribution is 2.11. The highest BCUT2D eigenvalue weighted by molar-refractivity contribution is 5.88. The monoisotopic (exact) mass is 377 g/mol. The Hall–Kier alpha value is -3.68. The maximum Gasteiger partial charge on any atom is 0.360 e. The van der Waals surface area contributed by atoms with Crippen LogP contribution in [-0.2, 0) is 11.3 Å². The number of H-pyrrole nitrogens is 1. The number of benzene rings is 2. The summed E-state index contributed by atoms with van der Waals surface area (Å²) in [6.45, 7) is 2.35. The quantitative estimate of drug-likeness (QED) is 0.411. The molecule has 2 heterocycles. The number of aromatic nitrogens is 5. The molecular formula is C20H19N5O3. The summed E-state index contributed by atoms with van der Waals surface area (Å²) in [6.07, 6.45) is 0.513. The fourth-order valence-corrected chi connectivity index (χ4v) is 3.03. The molecule has 0 saturated carbocycles. The maximum absolute atomic E-state index is 12.3. The number of aromatic amines is 1. The number of aryl methyl sites for hydroxylation is 2. The van der Waals surface area contributed by atoms with E-state index in [1.165, 1.54) is 4.80 Å². The summed E-state index contributed by atoms with van der Waals surface area (Å²) in [5.74, 6) is -0.522. The van der Waals surface area contributed by atoms with Gasteiger partial charge in [0.2, 0.25) is 0 Å². The molecule has 0 bridgehead atoms. The highest BCUT2D eigenvalue weighted by atomic mass is 16.5. The van der Waals surface area contributed by atoms with E-state index in [9.17, 15) is 9.59 Å². The lowest BCUT2D eigenvalue weighted by Gasteiger charge is -2.05. The number of para-hydroxylation sites is 3. The molecule has 0 atom stereocenters. The molecular weight excluding hydrogens is 358 g/mol. The van der Waals surface area contributed by atoms with Gasteiger partial charge in [-0.05, 0) is 37.6 Å². The number of hydrogen-bond donors (Lipinski definition) is 1. The molecule has 0 spiro atoms. The van der Waals surface area contributed by atoms with E-state index < -0.39 is 5.97 Å². The summed E-state index contributed by atoms with van der Waals surface area (Å²) in [5.41, 5.74) is 2.91. The van der Waals surface area contributed by atoms with Crippen molar-refractivity contribution in [1.82, 2.24) is 24.5 Å². The average molecular weight is 377 g/mol. The molecule has 1 N–H and O–H groups in total. The minimum absolute atomic E-state index is 0.172. The number of carbonyl (C=O) groups is 1. The van der Waals surface area contributed by atoms with Crippen molar-refractivity contribution in [2.75, 3.05) is 6.61 Å². The molecule has 4 rings (SSSR count). The number of imidazole rings is 1. The van der Waals surface area contributed by atoms with Crippen LogP contribution in [0.5, 0.6) is 0 Å². The van der Waals surface area contributed by atoms with E-state index in [2.05, 4.69) is 15.2 Å². The van der Waals surface area contributed by atoms with E-state index in [1.54, 1.807) is 11.5 Å². The Balaban J connectivity index is 1.38. The van der Waals surface area contributed by atoms with Crippen LogP contribution in [-0.4, -0.2) is 37.1 Å². The van der Waals surface area contributed by atoms with E-state index in [0.717, 1.165) is 16.7 Å².